The summed E-state index contributed by atoms with van der Waals surface area (Å²) in [5.41, 5.74) is 6.31. The molecule has 0 spiro atoms. The first-order valence-electron chi connectivity index (χ1n) is 9.07. The molecule has 4 heteroatoms. The summed E-state index contributed by atoms with van der Waals surface area (Å²) in [4.78, 5) is 4.95. The molecule has 0 amide bonds. The number of hydrogen-bond acceptors (Lipinski definition) is 1. The summed E-state index contributed by atoms with van der Waals surface area (Å²) < 4.78 is 4.38. The van der Waals surface area contributed by atoms with Crippen molar-refractivity contribution in [2.24, 2.45) is 0 Å². The summed E-state index contributed by atoms with van der Waals surface area (Å²) in [7, 11) is 2.04. The Hall–Kier alpha value is -3.27. The van der Waals surface area contributed by atoms with Crippen LogP contribution in [0.3, 0.4) is 0 Å². The van der Waals surface area contributed by atoms with Crippen LogP contribution in [0.2, 0.25) is 0 Å². The van der Waals surface area contributed by atoms with Crippen LogP contribution in [0.15, 0.2) is 79.4 Å². The highest BCUT2D eigenvalue weighted by Gasteiger charge is 2.18. The lowest BCUT2D eigenvalue weighted by Crippen LogP contribution is -1.97. The van der Waals surface area contributed by atoms with Crippen molar-refractivity contribution >= 4 is 42.5 Å². The maximum atomic E-state index is 4.95. The van der Waals surface area contributed by atoms with Crippen molar-refractivity contribution in [1.82, 2.24) is 14.0 Å². The molecular formula is C23H24BN3. The quantitative estimate of drug-likeness (QED) is 0.447. The molecule has 0 fully saturated rings. The predicted molar refractivity (Wildman–Crippen MR) is 121 cm³/mol. The zero-order valence-corrected chi connectivity index (χ0v) is 16.2. The Balaban J connectivity index is 2.51. The molecule has 3 aromatic rings. The minimum atomic E-state index is 0.874. The fourth-order valence-electron chi connectivity index (χ4n) is 3.23. The van der Waals surface area contributed by atoms with Gasteiger partial charge in [0.2, 0.25) is 5.78 Å². The number of aromatic nitrogens is 3. The highest BCUT2D eigenvalue weighted by Crippen LogP contribution is 2.29. The van der Waals surface area contributed by atoms with Gasteiger partial charge in [-0.15, -0.1) is 0 Å². The third-order valence-electron chi connectivity index (χ3n) is 4.38. The first-order chi connectivity index (χ1) is 13.2. The lowest BCUT2D eigenvalue weighted by molar-refractivity contribution is 1.13. The number of rotatable bonds is 6. The van der Waals surface area contributed by atoms with Crippen LogP contribution in [-0.2, 0) is 0 Å². The van der Waals surface area contributed by atoms with E-state index in [2.05, 4.69) is 58.5 Å². The van der Waals surface area contributed by atoms with Crippen LogP contribution in [0.5, 0.6) is 0 Å². The molecule has 2 aromatic heterocycles. The Morgan fingerprint density at radius 3 is 2.41 bits per heavy atom. The van der Waals surface area contributed by atoms with Gasteiger partial charge in [-0.05, 0) is 50.3 Å². The lowest BCUT2D eigenvalue weighted by Gasteiger charge is -2.07. The van der Waals surface area contributed by atoms with E-state index in [1.807, 2.05) is 52.1 Å². The molecule has 134 valence electrons. The van der Waals surface area contributed by atoms with Gasteiger partial charge >= 0.3 is 0 Å². The molecule has 2 heterocycles. The molecular weight excluding hydrogens is 329 g/mol. The number of imidazole rings is 2. The van der Waals surface area contributed by atoms with Crippen LogP contribution < -0.4 is 0 Å². The summed E-state index contributed by atoms with van der Waals surface area (Å²) >= 11 is 0. The molecule has 3 nitrogen and oxygen atoms in total. The van der Waals surface area contributed by atoms with Gasteiger partial charge in [-0.1, -0.05) is 55.1 Å². The van der Waals surface area contributed by atoms with Crippen LogP contribution in [-0.4, -0.2) is 21.8 Å². The zero-order valence-electron chi connectivity index (χ0n) is 16.2. The Labute approximate surface area is 161 Å². The largest absolute Gasteiger partial charge is 0.278 e. The Morgan fingerprint density at radius 2 is 1.78 bits per heavy atom. The highest BCUT2D eigenvalue weighted by molar-refractivity contribution is 6.24. The van der Waals surface area contributed by atoms with Crippen molar-refractivity contribution in [2.45, 2.75) is 13.8 Å². The van der Waals surface area contributed by atoms with E-state index in [0.29, 0.717) is 0 Å². The number of benzene rings is 1. The van der Waals surface area contributed by atoms with Crippen molar-refractivity contribution in [3.8, 4) is 0 Å². The molecule has 3 rings (SSSR count). The molecule has 0 atom stereocenters. The van der Waals surface area contributed by atoms with Crippen LogP contribution in [0.4, 0.5) is 0 Å². The van der Waals surface area contributed by atoms with E-state index in [-0.39, 0.29) is 0 Å². The molecule has 0 saturated heterocycles. The van der Waals surface area contributed by atoms with Crippen molar-refractivity contribution in [1.29, 1.82) is 0 Å². The van der Waals surface area contributed by atoms with Gasteiger partial charge in [-0.3, -0.25) is 8.97 Å². The van der Waals surface area contributed by atoms with Gasteiger partial charge in [0.15, 0.2) is 0 Å². The number of para-hydroxylation sites is 2. The monoisotopic (exact) mass is 353 g/mol. The van der Waals surface area contributed by atoms with Crippen molar-refractivity contribution < 1.29 is 0 Å². The number of nitrogens with zero attached hydrogens (tertiary/aromatic N) is 3. The third-order valence-corrected chi connectivity index (χ3v) is 4.38. The van der Waals surface area contributed by atoms with Crippen LogP contribution in [0.25, 0.3) is 34.7 Å². The summed E-state index contributed by atoms with van der Waals surface area (Å²) in [6.45, 7) is 11.8. The van der Waals surface area contributed by atoms with E-state index in [0.717, 1.165) is 39.4 Å². The van der Waals surface area contributed by atoms with Gasteiger partial charge in [0.05, 0.1) is 22.4 Å². The SMILES string of the molecule is B/C(C=C)=C/C(=C\C=C)n1c2ccccc2n2c(/C=C\C)c(/C=C\C)nc12. The summed E-state index contributed by atoms with van der Waals surface area (Å²) in [6, 6.07) is 8.36. The van der Waals surface area contributed by atoms with Crippen LogP contribution >= 0.6 is 0 Å². The zero-order chi connectivity index (χ0) is 19.4. The predicted octanol–water partition coefficient (Wildman–Crippen LogP) is 5.09. The normalized spacial score (nSPS) is 13.4. The van der Waals surface area contributed by atoms with Gasteiger partial charge in [-0.2, -0.15) is 0 Å². The van der Waals surface area contributed by atoms with Crippen molar-refractivity contribution in [3.63, 3.8) is 0 Å². The first kappa shape index (κ1) is 18.5. The highest BCUT2D eigenvalue weighted by atomic mass is 15.2. The number of allylic oxidation sites excluding steroid dienone is 8. The first-order valence-corrected chi connectivity index (χ1v) is 9.07. The molecule has 0 unspecified atom stereocenters. The van der Waals surface area contributed by atoms with Gasteiger partial charge in [-0.25, -0.2) is 4.98 Å². The molecule has 0 radical (unpaired) electrons. The van der Waals surface area contributed by atoms with Gasteiger partial charge in [0, 0.05) is 5.70 Å². The smallest absolute Gasteiger partial charge is 0.220 e. The standard InChI is InChI=1S/C23H24BN3/c1-5-11-18(16-17(24)8-4)26-21-14-9-10-15-22(21)27-20(13-7-3)19(12-6-2)25-23(26)27/h5-16H,1,4,24H2,2-3H3/b12-6-,13-7-,17-16+,18-11+. The maximum absolute atomic E-state index is 4.95. The molecule has 0 aliphatic carbocycles. The van der Waals surface area contributed by atoms with E-state index in [4.69, 9.17) is 4.98 Å². The second-order valence-electron chi connectivity index (χ2n) is 6.26. The summed E-state index contributed by atoms with van der Waals surface area (Å²) in [5.74, 6) is 0.874. The van der Waals surface area contributed by atoms with E-state index >= 15 is 0 Å². The molecule has 1 aromatic carbocycles. The fraction of sp³-hybridized carbons (Fsp3) is 0.0870. The van der Waals surface area contributed by atoms with E-state index in [1.165, 1.54) is 0 Å². The summed E-state index contributed by atoms with van der Waals surface area (Å²) in [5, 5.41) is 0. The maximum Gasteiger partial charge on any atom is 0.220 e. The topological polar surface area (TPSA) is 22.2 Å². The summed E-state index contributed by atoms with van der Waals surface area (Å²) in [6.07, 6.45) is 16.0. The second kappa shape index (κ2) is 7.96. The van der Waals surface area contributed by atoms with Crippen molar-refractivity contribution in [2.75, 3.05) is 0 Å². The molecule has 0 N–H and O–H groups in total. The fourth-order valence-corrected chi connectivity index (χ4v) is 3.23. The molecule has 27 heavy (non-hydrogen) atoms. The minimum absolute atomic E-state index is 0.874. The van der Waals surface area contributed by atoms with E-state index in [9.17, 15) is 0 Å². The van der Waals surface area contributed by atoms with Crippen molar-refractivity contribution in [3.05, 3.63) is 90.7 Å². The van der Waals surface area contributed by atoms with Gasteiger partial charge in [0.1, 0.15) is 7.85 Å². The Bertz CT molecular complexity index is 1130. The lowest BCUT2D eigenvalue weighted by atomic mass is 9.95. The second-order valence-corrected chi connectivity index (χ2v) is 6.26. The van der Waals surface area contributed by atoms with Crippen LogP contribution in [0, 0.1) is 0 Å². The van der Waals surface area contributed by atoms with Gasteiger partial charge < -0.3 is 0 Å². The Kier molecular flexibility index (Phi) is 5.46. The van der Waals surface area contributed by atoms with E-state index < -0.39 is 0 Å². The van der Waals surface area contributed by atoms with Gasteiger partial charge in [0.25, 0.3) is 0 Å². The third kappa shape index (κ3) is 3.26. The molecule has 0 saturated carbocycles. The molecule has 0 aliphatic heterocycles. The molecule has 0 aliphatic rings. The Morgan fingerprint density at radius 1 is 1.07 bits per heavy atom. The average molecular weight is 353 g/mol. The van der Waals surface area contributed by atoms with E-state index in [1.54, 1.807) is 6.08 Å². The minimum Gasteiger partial charge on any atom is -0.278 e. The average Bonchev–Trinajstić information content (AvgIpc) is 3.17. The number of hydrogen-bond donors (Lipinski definition) is 0. The molecule has 0 bridgehead atoms. The number of fused-ring (bicyclic) bond motifs is 3. The van der Waals surface area contributed by atoms with Crippen LogP contribution in [0.1, 0.15) is 25.2 Å².